The molecule has 0 aromatic heterocycles. The summed E-state index contributed by atoms with van der Waals surface area (Å²) in [4.78, 5) is 22.4. The van der Waals surface area contributed by atoms with Gasteiger partial charge >= 0.3 is 5.69 Å². The Morgan fingerprint density at radius 1 is 1.14 bits per heavy atom. The number of nitro benzene ring substituents is 2. The van der Waals surface area contributed by atoms with Gasteiger partial charge in [-0.3, -0.25) is 20.2 Å². The Morgan fingerprint density at radius 3 is 2.10 bits per heavy atom. The van der Waals surface area contributed by atoms with Crippen molar-refractivity contribution < 1.29 is 9.85 Å². The van der Waals surface area contributed by atoms with E-state index in [0.29, 0.717) is 13.1 Å². The molecule has 0 aliphatic carbocycles. The molecular formula is C13H16N4O4. The summed E-state index contributed by atoms with van der Waals surface area (Å²) in [5.41, 5.74) is -0.729. The number of nitrogens with zero attached hydrogens (tertiary/aromatic N) is 4. The number of hydrogen-bond donors (Lipinski definition) is 0. The van der Waals surface area contributed by atoms with Gasteiger partial charge in [-0.25, -0.2) is 0 Å². The number of non-ortho nitro benzene ring substituents is 1. The summed E-state index contributed by atoms with van der Waals surface area (Å²) in [5, 5.41) is 31.3. The van der Waals surface area contributed by atoms with Crippen LogP contribution in [0.25, 0.3) is 0 Å². The lowest BCUT2D eigenvalue weighted by atomic mass is 10.1. The van der Waals surface area contributed by atoms with E-state index >= 15 is 0 Å². The molecule has 0 heterocycles. The number of benzene rings is 1. The molecule has 0 fully saturated rings. The van der Waals surface area contributed by atoms with Crippen molar-refractivity contribution in [2.45, 2.75) is 26.7 Å². The molecule has 21 heavy (non-hydrogen) atoms. The third kappa shape index (κ3) is 3.66. The third-order valence-corrected chi connectivity index (χ3v) is 2.91. The number of anilines is 1. The largest absolute Gasteiger partial charge is 0.365 e. The molecule has 0 saturated carbocycles. The maximum absolute atomic E-state index is 11.2. The predicted octanol–water partition coefficient (Wildman–Crippen LogP) is 3.00. The Morgan fingerprint density at radius 2 is 1.71 bits per heavy atom. The Labute approximate surface area is 121 Å². The minimum absolute atomic E-state index is 0.0437. The molecule has 0 atom stereocenters. The highest BCUT2D eigenvalue weighted by atomic mass is 16.6. The van der Waals surface area contributed by atoms with Gasteiger partial charge in [-0.2, -0.15) is 5.26 Å². The third-order valence-electron chi connectivity index (χ3n) is 2.91. The van der Waals surface area contributed by atoms with Crippen LogP contribution in [0.4, 0.5) is 17.1 Å². The van der Waals surface area contributed by atoms with Gasteiger partial charge in [0.1, 0.15) is 11.8 Å². The molecule has 0 radical (unpaired) electrons. The molecule has 0 saturated heterocycles. The molecule has 0 unspecified atom stereocenters. The van der Waals surface area contributed by atoms with Crippen molar-refractivity contribution >= 4 is 17.1 Å². The molecule has 0 bridgehead atoms. The topological polar surface area (TPSA) is 113 Å². The molecule has 1 aromatic rings. The van der Waals surface area contributed by atoms with Crippen LogP contribution in [0.2, 0.25) is 0 Å². The molecule has 112 valence electrons. The van der Waals surface area contributed by atoms with Crippen molar-refractivity contribution in [2.24, 2.45) is 0 Å². The first-order chi connectivity index (χ1) is 9.96. The second-order valence-corrected chi connectivity index (χ2v) is 4.47. The number of nitro groups is 2. The minimum atomic E-state index is -0.735. The van der Waals surface area contributed by atoms with Gasteiger partial charge in [0.25, 0.3) is 5.69 Å². The summed E-state index contributed by atoms with van der Waals surface area (Å²) in [5.74, 6) is 0. The molecule has 0 aliphatic rings. The van der Waals surface area contributed by atoms with E-state index in [9.17, 15) is 25.5 Å². The van der Waals surface area contributed by atoms with Crippen molar-refractivity contribution in [3.05, 3.63) is 37.9 Å². The first-order valence-corrected chi connectivity index (χ1v) is 6.58. The monoisotopic (exact) mass is 292 g/mol. The van der Waals surface area contributed by atoms with E-state index < -0.39 is 21.2 Å². The van der Waals surface area contributed by atoms with E-state index in [1.165, 1.54) is 0 Å². The first-order valence-electron chi connectivity index (χ1n) is 6.58. The molecule has 0 aliphatic heterocycles. The molecule has 0 amide bonds. The number of hydrogen-bond acceptors (Lipinski definition) is 6. The molecule has 1 aromatic carbocycles. The molecule has 8 heteroatoms. The van der Waals surface area contributed by atoms with Gasteiger partial charge in [-0.1, -0.05) is 13.8 Å². The van der Waals surface area contributed by atoms with Crippen LogP contribution < -0.4 is 4.90 Å². The van der Waals surface area contributed by atoms with Crippen molar-refractivity contribution in [3.8, 4) is 6.07 Å². The summed E-state index contributed by atoms with van der Waals surface area (Å²) in [7, 11) is 0. The standard InChI is InChI=1S/C13H16N4O4/c1-3-5-15(6-4-2)13-10(9-14)7-11(16(18)19)8-12(13)17(20)21/h7-8H,3-6H2,1-2H3. The predicted molar refractivity (Wildman–Crippen MR) is 77.3 cm³/mol. The summed E-state index contributed by atoms with van der Waals surface area (Å²) in [6.07, 6.45) is 1.50. The zero-order valence-corrected chi connectivity index (χ0v) is 11.9. The highest BCUT2D eigenvalue weighted by Gasteiger charge is 2.27. The second kappa shape index (κ2) is 7.19. The number of rotatable bonds is 7. The SMILES string of the molecule is CCCN(CCC)c1c(C#N)cc([N+](=O)[O-])cc1[N+](=O)[O-]. The fourth-order valence-corrected chi connectivity index (χ4v) is 2.14. The smallest absolute Gasteiger partial charge is 0.300 e. The summed E-state index contributed by atoms with van der Waals surface area (Å²) < 4.78 is 0. The van der Waals surface area contributed by atoms with Crippen LogP contribution in [0, 0.1) is 31.6 Å². The van der Waals surface area contributed by atoms with E-state index in [1.54, 1.807) is 4.90 Å². The lowest BCUT2D eigenvalue weighted by molar-refractivity contribution is -0.393. The van der Waals surface area contributed by atoms with Crippen LogP contribution in [0.3, 0.4) is 0 Å². The average molecular weight is 292 g/mol. The molecular weight excluding hydrogens is 276 g/mol. The van der Waals surface area contributed by atoms with Gasteiger partial charge in [-0.05, 0) is 12.8 Å². The molecule has 0 spiro atoms. The van der Waals surface area contributed by atoms with E-state index in [-0.39, 0.29) is 11.3 Å². The summed E-state index contributed by atoms with van der Waals surface area (Å²) >= 11 is 0. The van der Waals surface area contributed by atoms with E-state index in [1.807, 2.05) is 19.9 Å². The van der Waals surface area contributed by atoms with Gasteiger partial charge < -0.3 is 4.90 Å². The van der Waals surface area contributed by atoms with Gasteiger partial charge in [0.15, 0.2) is 0 Å². The maximum Gasteiger partial charge on any atom is 0.300 e. The fourth-order valence-electron chi connectivity index (χ4n) is 2.14. The normalized spacial score (nSPS) is 9.95. The molecule has 0 N–H and O–H groups in total. The average Bonchev–Trinajstić information content (AvgIpc) is 2.45. The van der Waals surface area contributed by atoms with Gasteiger partial charge in [0, 0.05) is 19.2 Å². The molecule has 8 nitrogen and oxygen atoms in total. The van der Waals surface area contributed by atoms with Crippen molar-refractivity contribution in [3.63, 3.8) is 0 Å². The summed E-state index contributed by atoms with van der Waals surface area (Å²) in [6, 6.07) is 3.83. The van der Waals surface area contributed by atoms with Gasteiger partial charge in [0.2, 0.25) is 0 Å². The zero-order chi connectivity index (χ0) is 16.0. The number of nitriles is 1. The molecule has 1 rings (SSSR count). The Bertz CT molecular complexity index is 589. The van der Waals surface area contributed by atoms with Crippen molar-refractivity contribution in [1.82, 2.24) is 0 Å². The fraction of sp³-hybridized carbons (Fsp3) is 0.462. The van der Waals surface area contributed by atoms with Crippen LogP contribution in [-0.2, 0) is 0 Å². The second-order valence-electron chi connectivity index (χ2n) is 4.47. The van der Waals surface area contributed by atoms with Crippen LogP contribution in [0.1, 0.15) is 32.3 Å². The highest BCUT2D eigenvalue weighted by molar-refractivity contribution is 5.74. The summed E-state index contributed by atoms with van der Waals surface area (Å²) in [6.45, 7) is 4.93. The Hall–Kier alpha value is -2.69. The highest BCUT2D eigenvalue weighted by Crippen LogP contribution is 2.36. The van der Waals surface area contributed by atoms with E-state index in [2.05, 4.69) is 0 Å². The lowest BCUT2D eigenvalue weighted by Gasteiger charge is -2.24. The van der Waals surface area contributed by atoms with Crippen LogP contribution in [0.15, 0.2) is 12.1 Å². The van der Waals surface area contributed by atoms with Gasteiger partial charge in [-0.15, -0.1) is 0 Å². The van der Waals surface area contributed by atoms with Crippen LogP contribution in [-0.4, -0.2) is 22.9 Å². The van der Waals surface area contributed by atoms with E-state index in [4.69, 9.17) is 0 Å². The van der Waals surface area contributed by atoms with Crippen LogP contribution >= 0.6 is 0 Å². The Balaban J connectivity index is 3.56. The Kier molecular flexibility index (Phi) is 5.60. The van der Waals surface area contributed by atoms with Gasteiger partial charge in [0.05, 0.1) is 21.5 Å². The van der Waals surface area contributed by atoms with Crippen molar-refractivity contribution in [1.29, 1.82) is 5.26 Å². The maximum atomic E-state index is 11.2. The zero-order valence-electron chi connectivity index (χ0n) is 11.9. The first kappa shape index (κ1) is 16.4. The quantitative estimate of drug-likeness (QED) is 0.563. The van der Waals surface area contributed by atoms with Crippen molar-refractivity contribution in [2.75, 3.05) is 18.0 Å². The van der Waals surface area contributed by atoms with Crippen LogP contribution in [0.5, 0.6) is 0 Å². The lowest BCUT2D eigenvalue weighted by Crippen LogP contribution is -2.26. The minimum Gasteiger partial charge on any atom is -0.365 e. The van der Waals surface area contributed by atoms with E-state index in [0.717, 1.165) is 25.0 Å².